The molecule has 1 aliphatic heterocycles. The van der Waals surface area contributed by atoms with Crippen molar-refractivity contribution >= 4 is 5.97 Å². The van der Waals surface area contributed by atoms with Crippen LogP contribution in [-0.2, 0) is 9.53 Å². The van der Waals surface area contributed by atoms with E-state index in [-0.39, 0.29) is 12.0 Å². The maximum Gasteiger partial charge on any atom is 0.323 e. The average Bonchev–Trinajstić information content (AvgIpc) is 2.17. The summed E-state index contributed by atoms with van der Waals surface area (Å²) in [6, 6.07) is 0.351. The Hall–Kier alpha value is -0.610. The van der Waals surface area contributed by atoms with Crippen molar-refractivity contribution in [3.8, 4) is 0 Å². The highest BCUT2D eigenvalue weighted by atomic mass is 16.5. The first-order chi connectivity index (χ1) is 7.06. The first-order valence-corrected chi connectivity index (χ1v) is 5.61. The molecule has 4 heteroatoms. The molecule has 0 aliphatic carbocycles. The molecular weight excluding hydrogens is 192 g/mol. The molecule has 4 nitrogen and oxygen atoms in total. The van der Waals surface area contributed by atoms with Gasteiger partial charge in [-0.05, 0) is 12.8 Å². The second kappa shape index (κ2) is 5.47. The van der Waals surface area contributed by atoms with Gasteiger partial charge in [-0.1, -0.05) is 13.8 Å². The number of esters is 1. The van der Waals surface area contributed by atoms with Crippen molar-refractivity contribution in [2.45, 2.75) is 32.9 Å². The summed E-state index contributed by atoms with van der Waals surface area (Å²) in [6.45, 7) is 9.05. The minimum absolute atomic E-state index is 0.0976. The van der Waals surface area contributed by atoms with Gasteiger partial charge in [0.1, 0.15) is 6.04 Å². The second-order valence-corrected chi connectivity index (χ2v) is 4.56. The van der Waals surface area contributed by atoms with E-state index < -0.39 is 0 Å². The highest BCUT2D eigenvalue weighted by Crippen LogP contribution is 2.14. The van der Waals surface area contributed by atoms with Crippen LogP contribution in [0, 0.1) is 5.92 Å². The number of nitrogens with zero attached hydrogens (tertiary/aromatic N) is 1. The molecule has 0 amide bonds. The predicted octanol–water partition coefficient (Wildman–Crippen LogP) is 0.478. The summed E-state index contributed by atoms with van der Waals surface area (Å²) < 4.78 is 4.86. The van der Waals surface area contributed by atoms with Gasteiger partial charge >= 0.3 is 5.97 Å². The lowest BCUT2D eigenvalue weighted by atomic mass is 10.0. The second-order valence-electron chi connectivity index (χ2n) is 4.56. The molecule has 1 rings (SSSR count). The number of carbonyl (C=O) groups is 1. The molecule has 0 radical (unpaired) electrons. The zero-order valence-electron chi connectivity index (χ0n) is 10.1. The summed E-state index contributed by atoms with van der Waals surface area (Å²) in [7, 11) is 1.46. The van der Waals surface area contributed by atoms with Gasteiger partial charge in [-0.15, -0.1) is 0 Å². The topological polar surface area (TPSA) is 41.6 Å². The van der Waals surface area contributed by atoms with Gasteiger partial charge in [0.2, 0.25) is 0 Å². The average molecular weight is 214 g/mol. The number of nitrogens with one attached hydrogen (secondary N) is 1. The number of hydrogen-bond donors (Lipinski definition) is 1. The quantitative estimate of drug-likeness (QED) is 0.694. The summed E-state index contributed by atoms with van der Waals surface area (Å²) in [6.07, 6.45) is 0. The van der Waals surface area contributed by atoms with Crippen LogP contribution < -0.4 is 5.32 Å². The molecule has 0 saturated carbocycles. The van der Waals surface area contributed by atoms with E-state index >= 15 is 0 Å². The molecule has 1 saturated heterocycles. The minimum atomic E-state index is -0.112. The molecule has 88 valence electrons. The lowest BCUT2D eigenvalue weighted by Gasteiger charge is -2.38. The third kappa shape index (κ3) is 3.18. The summed E-state index contributed by atoms with van der Waals surface area (Å²) >= 11 is 0. The normalized spacial score (nSPS) is 25.3. The van der Waals surface area contributed by atoms with E-state index in [0.717, 1.165) is 19.6 Å². The highest BCUT2D eigenvalue weighted by molar-refractivity contribution is 5.76. The van der Waals surface area contributed by atoms with Crippen molar-refractivity contribution < 1.29 is 9.53 Å². The van der Waals surface area contributed by atoms with Gasteiger partial charge in [-0.25, -0.2) is 0 Å². The van der Waals surface area contributed by atoms with Gasteiger partial charge in [0.25, 0.3) is 0 Å². The van der Waals surface area contributed by atoms with Crippen molar-refractivity contribution in [3.63, 3.8) is 0 Å². The molecular formula is C11H22N2O2. The third-order valence-corrected chi connectivity index (χ3v) is 2.87. The van der Waals surface area contributed by atoms with Crippen molar-refractivity contribution in [2.75, 3.05) is 26.7 Å². The van der Waals surface area contributed by atoms with Crippen molar-refractivity contribution in [2.24, 2.45) is 5.92 Å². The number of rotatable bonds is 3. The van der Waals surface area contributed by atoms with Crippen molar-refractivity contribution in [1.29, 1.82) is 0 Å². The lowest BCUT2D eigenvalue weighted by molar-refractivity contribution is -0.149. The molecule has 2 unspecified atom stereocenters. The Balaban J connectivity index is 2.66. The van der Waals surface area contributed by atoms with E-state index in [0.29, 0.717) is 12.0 Å². The fraction of sp³-hybridized carbons (Fsp3) is 0.909. The van der Waals surface area contributed by atoms with Crippen LogP contribution in [0.5, 0.6) is 0 Å². The highest BCUT2D eigenvalue weighted by Gasteiger charge is 2.31. The van der Waals surface area contributed by atoms with Crippen LogP contribution in [0.2, 0.25) is 0 Å². The number of methoxy groups -OCH3 is 1. The van der Waals surface area contributed by atoms with Crippen LogP contribution in [0.1, 0.15) is 20.8 Å². The Kier molecular flexibility index (Phi) is 4.54. The lowest BCUT2D eigenvalue weighted by Crippen LogP contribution is -2.56. The molecule has 1 heterocycles. The van der Waals surface area contributed by atoms with Crippen LogP contribution in [0.3, 0.4) is 0 Å². The maximum absolute atomic E-state index is 11.7. The Morgan fingerprint density at radius 3 is 2.67 bits per heavy atom. The summed E-state index contributed by atoms with van der Waals surface area (Å²) in [5.74, 6) is 0.182. The fourth-order valence-corrected chi connectivity index (χ4v) is 2.18. The van der Waals surface area contributed by atoms with Gasteiger partial charge < -0.3 is 10.1 Å². The van der Waals surface area contributed by atoms with Crippen LogP contribution in [0.25, 0.3) is 0 Å². The van der Waals surface area contributed by atoms with Crippen molar-refractivity contribution in [3.05, 3.63) is 0 Å². The zero-order chi connectivity index (χ0) is 11.4. The van der Waals surface area contributed by atoms with Gasteiger partial charge in [0.05, 0.1) is 7.11 Å². The number of ether oxygens (including phenoxy) is 1. The number of piperazine rings is 1. The SMILES string of the molecule is COC(=O)C(C(C)C)N1CCNC(C)C1. The Labute approximate surface area is 92.0 Å². The molecule has 1 aliphatic rings. The van der Waals surface area contributed by atoms with E-state index in [1.54, 1.807) is 0 Å². The van der Waals surface area contributed by atoms with Crippen LogP contribution >= 0.6 is 0 Å². The largest absolute Gasteiger partial charge is 0.468 e. The van der Waals surface area contributed by atoms with Gasteiger partial charge in [-0.2, -0.15) is 0 Å². The third-order valence-electron chi connectivity index (χ3n) is 2.87. The summed E-state index contributed by atoms with van der Waals surface area (Å²) in [5.41, 5.74) is 0. The zero-order valence-corrected chi connectivity index (χ0v) is 10.1. The summed E-state index contributed by atoms with van der Waals surface area (Å²) in [4.78, 5) is 13.9. The first kappa shape index (κ1) is 12.5. The number of carbonyl (C=O) groups excluding carboxylic acids is 1. The molecule has 0 aromatic rings. The molecule has 1 N–H and O–H groups in total. The van der Waals surface area contributed by atoms with Crippen LogP contribution in [0.15, 0.2) is 0 Å². The Bertz CT molecular complexity index is 219. The van der Waals surface area contributed by atoms with Gasteiger partial charge in [0, 0.05) is 25.7 Å². The Morgan fingerprint density at radius 1 is 1.53 bits per heavy atom. The van der Waals surface area contributed by atoms with Gasteiger partial charge in [-0.3, -0.25) is 9.69 Å². The first-order valence-electron chi connectivity index (χ1n) is 5.61. The van der Waals surface area contributed by atoms with Crippen molar-refractivity contribution in [1.82, 2.24) is 10.2 Å². The van der Waals surface area contributed by atoms with E-state index in [2.05, 4.69) is 31.0 Å². The smallest absolute Gasteiger partial charge is 0.323 e. The molecule has 0 bridgehead atoms. The molecule has 2 atom stereocenters. The van der Waals surface area contributed by atoms with E-state index in [9.17, 15) is 4.79 Å². The monoisotopic (exact) mass is 214 g/mol. The minimum Gasteiger partial charge on any atom is -0.468 e. The molecule has 15 heavy (non-hydrogen) atoms. The molecule has 0 spiro atoms. The maximum atomic E-state index is 11.7. The van der Waals surface area contributed by atoms with E-state index in [1.165, 1.54) is 7.11 Å². The van der Waals surface area contributed by atoms with Crippen LogP contribution in [-0.4, -0.2) is 49.7 Å². The molecule has 0 aromatic heterocycles. The molecule has 1 fully saturated rings. The summed E-state index contributed by atoms with van der Waals surface area (Å²) in [5, 5.41) is 3.37. The standard InChI is InChI=1S/C11H22N2O2/c1-8(2)10(11(14)15-4)13-6-5-12-9(3)7-13/h8-10,12H,5-7H2,1-4H3. The van der Waals surface area contributed by atoms with Crippen LogP contribution in [0.4, 0.5) is 0 Å². The van der Waals surface area contributed by atoms with E-state index in [4.69, 9.17) is 4.74 Å². The number of hydrogen-bond acceptors (Lipinski definition) is 4. The predicted molar refractivity (Wildman–Crippen MR) is 59.7 cm³/mol. The fourth-order valence-electron chi connectivity index (χ4n) is 2.18. The van der Waals surface area contributed by atoms with E-state index in [1.807, 2.05) is 0 Å². The Morgan fingerprint density at radius 2 is 2.20 bits per heavy atom. The molecule has 0 aromatic carbocycles. The van der Waals surface area contributed by atoms with Gasteiger partial charge in [0.15, 0.2) is 0 Å².